The molecule has 0 aromatic heterocycles. The molecule has 2 atom stereocenters. The number of amides is 2. The van der Waals surface area contributed by atoms with E-state index in [-0.39, 0.29) is 43.0 Å². The summed E-state index contributed by atoms with van der Waals surface area (Å²) >= 11 is 0. The molecule has 2 amide bonds. The number of benzene rings is 1. The summed E-state index contributed by atoms with van der Waals surface area (Å²) in [7, 11) is 0. The molecule has 132 valence electrons. The van der Waals surface area contributed by atoms with Gasteiger partial charge in [0.15, 0.2) is 0 Å². The van der Waals surface area contributed by atoms with Gasteiger partial charge in [0.1, 0.15) is 0 Å². The van der Waals surface area contributed by atoms with Crippen LogP contribution in [0.25, 0.3) is 0 Å². The van der Waals surface area contributed by atoms with Crippen molar-refractivity contribution in [1.82, 2.24) is 10.6 Å². The molecule has 1 fully saturated rings. The Kier molecular flexibility index (Phi) is 5.69. The van der Waals surface area contributed by atoms with E-state index < -0.39 is 17.8 Å². The number of alkyl carbamates (subject to hydrolysis) is 1. The van der Waals surface area contributed by atoms with E-state index in [9.17, 15) is 22.8 Å². The summed E-state index contributed by atoms with van der Waals surface area (Å²) in [6.07, 6.45) is -4.49. The zero-order valence-corrected chi connectivity index (χ0v) is 13.2. The predicted molar refractivity (Wildman–Crippen MR) is 80.4 cm³/mol. The molecular weight excluding hydrogens is 325 g/mol. The van der Waals surface area contributed by atoms with Crippen molar-refractivity contribution in [1.29, 1.82) is 0 Å². The molecule has 0 bridgehead atoms. The second kappa shape index (κ2) is 7.55. The maximum Gasteiger partial charge on any atom is 0.416 e. The van der Waals surface area contributed by atoms with Gasteiger partial charge in [0.05, 0.1) is 12.2 Å². The molecule has 2 rings (SSSR count). The molecular formula is C16H19F3N2O3. The molecule has 2 N–H and O–H groups in total. The normalized spacial score (nSPS) is 19.5. The van der Waals surface area contributed by atoms with Crippen LogP contribution in [0.15, 0.2) is 24.3 Å². The first kappa shape index (κ1) is 18.1. The molecule has 0 radical (unpaired) electrons. The molecule has 24 heavy (non-hydrogen) atoms. The van der Waals surface area contributed by atoms with Gasteiger partial charge in [-0.3, -0.25) is 4.79 Å². The van der Waals surface area contributed by atoms with Crippen LogP contribution in [-0.4, -0.2) is 31.2 Å². The maximum absolute atomic E-state index is 13.0. The van der Waals surface area contributed by atoms with Gasteiger partial charge >= 0.3 is 12.3 Å². The molecule has 1 aliphatic rings. The molecule has 0 unspecified atom stereocenters. The van der Waals surface area contributed by atoms with Crippen molar-refractivity contribution < 1.29 is 27.5 Å². The highest BCUT2D eigenvalue weighted by Gasteiger charge is 2.44. The van der Waals surface area contributed by atoms with Crippen LogP contribution < -0.4 is 10.6 Å². The number of carbonyl (C=O) groups is 2. The lowest BCUT2D eigenvalue weighted by Gasteiger charge is -2.12. The molecule has 1 aromatic rings. The lowest BCUT2D eigenvalue weighted by atomic mass is 10.0. The average Bonchev–Trinajstić information content (AvgIpc) is 3.25. The van der Waals surface area contributed by atoms with Crippen molar-refractivity contribution in [3.05, 3.63) is 35.4 Å². The van der Waals surface area contributed by atoms with E-state index in [0.717, 1.165) is 6.07 Å². The van der Waals surface area contributed by atoms with Crippen LogP contribution in [0.5, 0.6) is 0 Å². The van der Waals surface area contributed by atoms with Gasteiger partial charge in [-0.2, -0.15) is 13.2 Å². The van der Waals surface area contributed by atoms with Gasteiger partial charge in [-0.05, 0) is 25.0 Å². The van der Waals surface area contributed by atoms with Crippen LogP contribution in [0.4, 0.5) is 18.0 Å². The van der Waals surface area contributed by atoms with Gasteiger partial charge < -0.3 is 15.4 Å². The minimum absolute atomic E-state index is 0.0446. The highest BCUT2D eigenvalue weighted by molar-refractivity contribution is 5.78. The van der Waals surface area contributed by atoms with E-state index in [0.29, 0.717) is 6.42 Å². The number of hydrogen-bond acceptors (Lipinski definition) is 3. The SMILES string of the molecule is CCOC(=O)NCCC(=O)N[C@@H]1C[C@H]1c1ccccc1C(F)(F)F. The standard InChI is InChI=1S/C16H19F3N2O3/c1-2-24-15(23)20-8-7-14(22)21-13-9-11(13)10-5-3-4-6-12(10)16(17,18)19/h3-6,11,13H,2,7-9H2,1H3,(H,20,23)(H,21,22)/t11-,13+/m0/s1. The Hall–Kier alpha value is -2.25. The lowest BCUT2D eigenvalue weighted by molar-refractivity contribution is -0.138. The van der Waals surface area contributed by atoms with Gasteiger partial charge in [-0.25, -0.2) is 4.79 Å². The molecule has 0 heterocycles. The van der Waals surface area contributed by atoms with Crippen molar-refractivity contribution in [2.45, 2.75) is 37.9 Å². The number of halogens is 3. The van der Waals surface area contributed by atoms with Crippen molar-refractivity contribution >= 4 is 12.0 Å². The number of hydrogen-bond donors (Lipinski definition) is 2. The monoisotopic (exact) mass is 344 g/mol. The molecule has 0 spiro atoms. The summed E-state index contributed by atoms with van der Waals surface area (Å²) in [6, 6.07) is 5.11. The number of ether oxygens (including phenoxy) is 1. The van der Waals surface area contributed by atoms with Gasteiger partial charge in [0.2, 0.25) is 5.91 Å². The van der Waals surface area contributed by atoms with Crippen molar-refractivity contribution in [2.75, 3.05) is 13.2 Å². The third-order valence-electron chi connectivity index (χ3n) is 3.70. The fraction of sp³-hybridized carbons (Fsp3) is 0.500. The molecule has 1 aromatic carbocycles. The minimum Gasteiger partial charge on any atom is -0.450 e. The second-order valence-corrected chi connectivity index (χ2v) is 5.50. The number of nitrogens with one attached hydrogen (secondary N) is 2. The Morgan fingerprint density at radius 2 is 2.00 bits per heavy atom. The Morgan fingerprint density at radius 1 is 1.29 bits per heavy atom. The Bertz CT molecular complexity index is 604. The first-order valence-electron chi connectivity index (χ1n) is 7.69. The Balaban J connectivity index is 1.82. The molecule has 5 nitrogen and oxygen atoms in total. The van der Waals surface area contributed by atoms with Gasteiger partial charge in [-0.15, -0.1) is 0 Å². The fourth-order valence-electron chi connectivity index (χ4n) is 2.52. The maximum atomic E-state index is 13.0. The fourth-order valence-corrected chi connectivity index (χ4v) is 2.52. The molecule has 8 heteroatoms. The first-order valence-corrected chi connectivity index (χ1v) is 7.69. The summed E-state index contributed by atoms with van der Waals surface area (Å²) < 4.78 is 43.6. The van der Waals surface area contributed by atoms with Gasteiger partial charge in [0.25, 0.3) is 0 Å². The largest absolute Gasteiger partial charge is 0.450 e. The third kappa shape index (κ3) is 4.87. The minimum atomic E-state index is -4.41. The highest BCUT2D eigenvalue weighted by Crippen LogP contribution is 2.46. The van der Waals surface area contributed by atoms with Crippen molar-refractivity contribution in [3.8, 4) is 0 Å². The highest BCUT2D eigenvalue weighted by atomic mass is 19.4. The van der Waals surface area contributed by atoms with E-state index >= 15 is 0 Å². The van der Waals surface area contributed by atoms with Gasteiger partial charge in [-0.1, -0.05) is 18.2 Å². The van der Waals surface area contributed by atoms with Crippen LogP contribution in [0.3, 0.4) is 0 Å². The Labute approximate surface area is 137 Å². The Morgan fingerprint density at radius 3 is 2.67 bits per heavy atom. The van der Waals surface area contributed by atoms with Crippen LogP contribution in [0.2, 0.25) is 0 Å². The van der Waals surface area contributed by atoms with Crippen molar-refractivity contribution in [3.63, 3.8) is 0 Å². The smallest absolute Gasteiger partial charge is 0.416 e. The summed E-state index contributed by atoms with van der Waals surface area (Å²) in [5, 5.41) is 5.10. The summed E-state index contributed by atoms with van der Waals surface area (Å²) in [5.74, 6) is -0.645. The zero-order chi connectivity index (χ0) is 17.7. The summed E-state index contributed by atoms with van der Waals surface area (Å²) in [5.41, 5.74) is -0.448. The van der Waals surface area contributed by atoms with E-state index in [1.807, 2.05) is 0 Å². The van der Waals surface area contributed by atoms with E-state index in [1.54, 1.807) is 13.0 Å². The van der Waals surface area contributed by atoms with Crippen LogP contribution in [-0.2, 0) is 15.7 Å². The second-order valence-electron chi connectivity index (χ2n) is 5.50. The van der Waals surface area contributed by atoms with Crippen molar-refractivity contribution in [2.24, 2.45) is 0 Å². The average molecular weight is 344 g/mol. The predicted octanol–water partition coefficient (Wildman–Crippen LogP) is 2.81. The summed E-state index contributed by atoms with van der Waals surface area (Å²) in [6.45, 7) is 2.01. The number of carbonyl (C=O) groups excluding carboxylic acids is 2. The summed E-state index contributed by atoms with van der Waals surface area (Å²) in [4.78, 5) is 22.8. The van der Waals surface area contributed by atoms with E-state index in [4.69, 9.17) is 0 Å². The number of rotatable bonds is 6. The zero-order valence-electron chi connectivity index (χ0n) is 13.2. The first-order chi connectivity index (χ1) is 11.3. The van der Waals surface area contributed by atoms with Gasteiger partial charge in [0, 0.05) is 24.9 Å². The third-order valence-corrected chi connectivity index (χ3v) is 3.70. The lowest BCUT2D eigenvalue weighted by Crippen LogP contribution is -2.32. The van der Waals surface area contributed by atoms with E-state index in [2.05, 4.69) is 15.4 Å². The van der Waals surface area contributed by atoms with E-state index in [1.165, 1.54) is 12.1 Å². The van der Waals surface area contributed by atoms with Crippen LogP contribution >= 0.6 is 0 Å². The van der Waals surface area contributed by atoms with Crippen LogP contribution in [0.1, 0.15) is 36.8 Å². The topological polar surface area (TPSA) is 67.4 Å². The molecule has 1 saturated carbocycles. The van der Waals surface area contributed by atoms with Crippen LogP contribution in [0, 0.1) is 0 Å². The quantitative estimate of drug-likeness (QED) is 0.834. The molecule has 0 saturated heterocycles. The molecule has 0 aliphatic heterocycles. The molecule has 1 aliphatic carbocycles. The number of alkyl halides is 3.